The molecule has 0 N–H and O–H groups in total. The predicted molar refractivity (Wildman–Crippen MR) is 105 cm³/mol. The second-order valence-electron chi connectivity index (χ2n) is 4.78. The zero-order valence-electron chi connectivity index (χ0n) is 12.5. The van der Waals surface area contributed by atoms with Crippen molar-refractivity contribution in [2.45, 2.75) is 0 Å². The zero-order chi connectivity index (χ0) is 17.4. The second-order valence-corrected chi connectivity index (χ2v) is 15.7. The van der Waals surface area contributed by atoms with Crippen LogP contribution in [0.3, 0.4) is 0 Å². The van der Waals surface area contributed by atoms with Crippen LogP contribution in [0.1, 0.15) is 11.1 Å². The molecule has 0 heterocycles. The topological polar surface area (TPSA) is 0 Å². The van der Waals surface area contributed by atoms with Gasteiger partial charge in [-0.25, -0.2) is 0 Å². The Morgan fingerprint density at radius 1 is 0.708 bits per heavy atom. The monoisotopic (exact) mass is 439 g/mol. The van der Waals surface area contributed by atoms with Gasteiger partial charge in [-0.15, -0.1) is 0 Å². The van der Waals surface area contributed by atoms with Crippen LogP contribution in [0, 0.1) is 6.42 Å². The first kappa shape index (κ1) is 19.5. The van der Waals surface area contributed by atoms with Gasteiger partial charge in [-0.05, 0) is 24.3 Å². The van der Waals surface area contributed by atoms with Crippen molar-refractivity contribution in [3.8, 4) is 0 Å². The Morgan fingerprint density at radius 3 is 1.54 bits per heavy atom. The molecule has 0 amide bonds. The van der Waals surface area contributed by atoms with Gasteiger partial charge in [0, 0.05) is 41.9 Å². The normalized spacial score (nSPS) is 13.6. The van der Waals surface area contributed by atoms with Crippen molar-refractivity contribution in [2.75, 3.05) is 0 Å². The molecule has 0 aromatic heterocycles. The van der Waals surface area contributed by atoms with E-state index in [0.717, 1.165) is 0 Å². The summed E-state index contributed by atoms with van der Waals surface area (Å²) in [7, 11) is 17.2. The van der Waals surface area contributed by atoms with E-state index in [1.54, 1.807) is 0 Å². The Hall–Kier alpha value is -0.791. The Labute approximate surface area is 162 Å². The first-order valence-corrected chi connectivity index (χ1v) is 13.1. The van der Waals surface area contributed by atoms with E-state index in [1.165, 1.54) is 22.3 Å². The van der Waals surface area contributed by atoms with E-state index in [4.69, 9.17) is 40.4 Å². The third-order valence-corrected chi connectivity index (χ3v) is 3.19. The first-order valence-electron chi connectivity index (χ1n) is 7.02. The summed E-state index contributed by atoms with van der Waals surface area (Å²) < 4.78 is 0. The average Bonchev–Trinajstić information content (AvgIpc) is 2.57. The summed E-state index contributed by atoms with van der Waals surface area (Å²) in [6.45, 7) is 0. The molecule has 0 radical (unpaired) electrons. The molecule has 127 valence electrons. The SMILES string of the molecule is C1=C[CH+]C(=C(c2ccccc2)c2ccccc2)C=C1.[Cl][Fe-]([Cl])([Cl])[Cl]. The molecule has 0 bridgehead atoms. The Balaban J connectivity index is 0.000000368. The Morgan fingerprint density at radius 2 is 1.17 bits per heavy atom. The molecule has 24 heavy (non-hydrogen) atoms. The van der Waals surface area contributed by atoms with Crippen LogP contribution in [0.4, 0.5) is 0 Å². The van der Waals surface area contributed by atoms with Gasteiger partial charge in [-0.1, -0.05) is 36.4 Å². The van der Waals surface area contributed by atoms with E-state index < -0.39 is 9.20 Å². The van der Waals surface area contributed by atoms with E-state index >= 15 is 0 Å². The Bertz CT molecular complexity index is 681. The van der Waals surface area contributed by atoms with Crippen molar-refractivity contribution in [3.63, 3.8) is 0 Å². The molecule has 0 fully saturated rings. The molecule has 1 aliphatic rings. The number of halogens is 4. The van der Waals surface area contributed by atoms with Crippen molar-refractivity contribution in [1.29, 1.82) is 0 Å². The van der Waals surface area contributed by atoms with E-state index in [2.05, 4.69) is 91.4 Å². The molecule has 5 heteroatoms. The van der Waals surface area contributed by atoms with Crippen molar-refractivity contribution in [2.24, 2.45) is 0 Å². The van der Waals surface area contributed by atoms with Gasteiger partial charge >= 0.3 is 49.6 Å². The van der Waals surface area contributed by atoms with Gasteiger partial charge in [0.2, 0.25) is 0 Å². The van der Waals surface area contributed by atoms with Crippen LogP contribution in [0.25, 0.3) is 5.57 Å². The fourth-order valence-corrected chi connectivity index (χ4v) is 2.31. The number of hydrogen-bond donors (Lipinski definition) is 0. The number of allylic oxidation sites excluding steroid dienone is 5. The number of rotatable bonds is 2. The van der Waals surface area contributed by atoms with Crippen LogP contribution in [0.2, 0.25) is 0 Å². The van der Waals surface area contributed by atoms with Crippen molar-refractivity contribution < 1.29 is 9.20 Å². The van der Waals surface area contributed by atoms with Gasteiger partial charge in [-0.3, -0.25) is 0 Å². The van der Waals surface area contributed by atoms with E-state index in [0.29, 0.717) is 0 Å². The van der Waals surface area contributed by atoms with E-state index in [1.807, 2.05) is 0 Å². The van der Waals surface area contributed by atoms with Gasteiger partial charge in [0.1, 0.15) is 5.57 Å². The summed E-state index contributed by atoms with van der Waals surface area (Å²) in [5.74, 6) is 0. The minimum absolute atomic E-state index is 1.25. The van der Waals surface area contributed by atoms with Crippen molar-refractivity contribution >= 4 is 46.0 Å². The summed E-state index contributed by atoms with van der Waals surface area (Å²) in [5.41, 5.74) is 5.03. The molecule has 0 unspecified atom stereocenters. The molecule has 0 aliphatic heterocycles. The maximum absolute atomic E-state index is 4.95. The molecule has 2 aromatic rings. The van der Waals surface area contributed by atoms with Gasteiger partial charge in [-0.2, -0.15) is 0 Å². The van der Waals surface area contributed by atoms with Gasteiger partial charge in [0.05, 0.1) is 5.57 Å². The van der Waals surface area contributed by atoms with Crippen LogP contribution < -0.4 is 0 Å². The van der Waals surface area contributed by atoms with Crippen LogP contribution in [-0.4, -0.2) is 0 Å². The zero-order valence-corrected chi connectivity index (χ0v) is 16.7. The number of benzene rings is 2. The summed E-state index contributed by atoms with van der Waals surface area (Å²) >= 11 is 0. The van der Waals surface area contributed by atoms with E-state index in [9.17, 15) is 0 Å². The van der Waals surface area contributed by atoms with Crippen LogP contribution >= 0.6 is 40.4 Å². The fraction of sp³-hybridized carbons (Fsp3) is 0. The van der Waals surface area contributed by atoms with Crippen molar-refractivity contribution in [3.05, 3.63) is 108 Å². The van der Waals surface area contributed by atoms with Gasteiger partial charge in [0.15, 0.2) is 0 Å². The summed E-state index contributed by atoms with van der Waals surface area (Å²) in [5, 5.41) is 0. The fourth-order valence-electron chi connectivity index (χ4n) is 2.31. The Kier molecular flexibility index (Phi) is 7.84. The third-order valence-electron chi connectivity index (χ3n) is 3.19. The molecule has 0 saturated carbocycles. The second kappa shape index (κ2) is 9.63. The summed E-state index contributed by atoms with van der Waals surface area (Å²) in [6, 6.07) is 21.1. The molecule has 2 aromatic carbocycles. The van der Waals surface area contributed by atoms with E-state index in [-0.39, 0.29) is 0 Å². The molecule has 1 aliphatic carbocycles. The molecule has 0 spiro atoms. The predicted octanol–water partition coefficient (Wildman–Crippen LogP) is 7.57. The molecule has 3 rings (SSSR count). The van der Waals surface area contributed by atoms with Crippen LogP contribution in [0.15, 0.2) is 90.5 Å². The third kappa shape index (κ3) is 6.99. The molecule has 0 nitrogen and oxygen atoms in total. The van der Waals surface area contributed by atoms with Crippen LogP contribution in [0.5, 0.6) is 0 Å². The quantitative estimate of drug-likeness (QED) is 0.333. The molecular formula is C19H15Cl4Fe. The molecular weight excluding hydrogens is 426 g/mol. The minimum atomic E-state index is -2.61. The van der Waals surface area contributed by atoms with Gasteiger partial charge in [0.25, 0.3) is 0 Å². The van der Waals surface area contributed by atoms with Crippen molar-refractivity contribution in [1.82, 2.24) is 0 Å². The molecule has 0 saturated heterocycles. The van der Waals surface area contributed by atoms with Gasteiger partial charge < -0.3 is 0 Å². The first-order chi connectivity index (χ1) is 11.4. The average molecular weight is 441 g/mol. The maximum atomic E-state index is 4.95. The summed E-state index contributed by atoms with van der Waals surface area (Å²) in [6.07, 6.45) is 10.5. The standard InChI is InChI=1S/C19H15.4ClH.Fe/c1-4-10-16(11-5-1)19(17-12-6-2-7-13-17)18-14-8-3-9-15-18;;;;;/h1-15H;4*1H;/q+1;;;;;+3/p-4. The molecule has 0 atom stereocenters. The van der Waals surface area contributed by atoms with Crippen LogP contribution in [-0.2, 0) is 9.20 Å². The number of hydrogen-bond acceptors (Lipinski definition) is 0. The summed E-state index contributed by atoms with van der Waals surface area (Å²) in [4.78, 5) is 0.